The average Bonchev–Trinajstić information content (AvgIpc) is 2.99. The molecule has 0 bridgehead atoms. The van der Waals surface area contributed by atoms with Gasteiger partial charge >= 0.3 is 0 Å². The monoisotopic (exact) mass is 404 g/mol. The maximum absolute atomic E-state index is 11.6. The van der Waals surface area contributed by atoms with Crippen LogP contribution in [0.1, 0.15) is 5.82 Å². The van der Waals surface area contributed by atoms with E-state index in [0.717, 1.165) is 15.7 Å². The molecule has 3 aromatic rings. The van der Waals surface area contributed by atoms with E-state index in [4.69, 9.17) is 0 Å². The van der Waals surface area contributed by atoms with Crippen molar-refractivity contribution in [1.29, 1.82) is 0 Å². The van der Waals surface area contributed by atoms with Gasteiger partial charge in [0.1, 0.15) is 0 Å². The lowest BCUT2D eigenvalue weighted by Crippen LogP contribution is -2.00. The smallest absolute Gasteiger partial charge is 0.175 e. The van der Waals surface area contributed by atoms with Gasteiger partial charge in [0, 0.05) is 22.7 Å². The quantitative estimate of drug-likeness (QED) is 0.667. The number of benzene rings is 2. The summed E-state index contributed by atoms with van der Waals surface area (Å²) in [5.41, 5.74) is 1.66. The number of sulfone groups is 1. The normalized spacial score (nSPS) is 11.6. The summed E-state index contributed by atoms with van der Waals surface area (Å²) in [6, 6.07) is 14.4. The van der Waals surface area contributed by atoms with Crippen LogP contribution in [-0.2, 0) is 16.3 Å². The van der Waals surface area contributed by atoms with E-state index in [2.05, 4.69) is 32.9 Å². The highest BCUT2D eigenvalue weighted by atomic mass is 79.9. The van der Waals surface area contributed by atoms with Crippen molar-refractivity contribution in [3.05, 3.63) is 65.8 Å². The Labute approximate surface area is 149 Å². The third kappa shape index (κ3) is 3.42. The molecule has 2 aromatic carbocycles. The Bertz CT molecular complexity index is 962. The van der Waals surface area contributed by atoms with Crippen LogP contribution in [0.3, 0.4) is 0 Å². The second kappa shape index (κ2) is 6.49. The van der Waals surface area contributed by atoms with Crippen molar-refractivity contribution in [2.24, 2.45) is 0 Å². The lowest BCUT2D eigenvalue weighted by Gasteiger charge is -2.07. The highest BCUT2D eigenvalue weighted by Gasteiger charge is 2.14. The average molecular weight is 405 g/mol. The molecule has 1 heterocycles. The van der Waals surface area contributed by atoms with E-state index in [1.54, 1.807) is 28.9 Å². The van der Waals surface area contributed by atoms with Crippen LogP contribution in [0, 0.1) is 6.92 Å². The van der Waals surface area contributed by atoms with E-state index in [-0.39, 0.29) is 4.90 Å². The molecule has 0 fully saturated rings. The molecule has 0 N–H and O–H groups in total. The minimum Gasteiger partial charge on any atom is -0.224 e. The van der Waals surface area contributed by atoms with Crippen LogP contribution in [0.5, 0.6) is 0 Å². The van der Waals surface area contributed by atoms with E-state index < -0.39 is 9.84 Å². The molecule has 0 amide bonds. The van der Waals surface area contributed by atoms with Crippen molar-refractivity contribution in [3.8, 4) is 17.1 Å². The SMILES string of the molecule is [CH2]Cc1nc(-c2ccc(S(C)(=O)=O)cc2)n(-c2ccc(Br)cc2)n1. The van der Waals surface area contributed by atoms with Crippen molar-refractivity contribution in [1.82, 2.24) is 14.8 Å². The summed E-state index contributed by atoms with van der Waals surface area (Å²) in [5.74, 6) is 1.27. The fourth-order valence-corrected chi connectivity index (χ4v) is 3.16. The first-order chi connectivity index (χ1) is 11.4. The Hall–Kier alpha value is -1.99. The van der Waals surface area contributed by atoms with Gasteiger partial charge in [0.25, 0.3) is 0 Å². The van der Waals surface area contributed by atoms with Gasteiger partial charge in [0.05, 0.1) is 10.6 Å². The van der Waals surface area contributed by atoms with E-state index in [9.17, 15) is 8.42 Å². The zero-order valence-electron chi connectivity index (χ0n) is 13.0. The van der Waals surface area contributed by atoms with Crippen molar-refractivity contribution in [2.75, 3.05) is 6.26 Å². The summed E-state index contributed by atoms with van der Waals surface area (Å²) >= 11 is 3.41. The molecular weight excluding hydrogens is 390 g/mol. The molecule has 0 saturated heterocycles. The van der Waals surface area contributed by atoms with Crippen LogP contribution in [-0.4, -0.2) is 29.4 Å². The molecule has 0 aliphatic rings. The van der Waals surface area contributed by atoms with Gasteiger partial charge in [-0.25, -0.2) is 18.1 Å². The Morgan fingerprint density at radius 1 is 1.08 bits per heavy atom. The lowest BCUT2D eigenvalue weighted by molar-refractivity contribution is 0.602. The molecule has 3 rings (SSSR count). The van der Waals surface area contributed by atoms with E-state index in [0.29, 0.717) is 18.1 Å². The summed E-state index contributed by atoms with van der Waals surface area (Å²) in [6.45, 7) is 3.83. The number of nitrogens with zero attached hydrogens (tertiary/aromatic N) is 3. The van der Waals surface area contributed by atoms with Crippen LogP contribution in [0.25, 0.3) is 17.1 Å². The van der Waals surface area contributed by atoms with Gasteiger partial charge in [-0.05, 0) is 55.5 Å². The number of hydrogen-bond donors (Lipinski definition) is 0. The first kappa shape index (κ1) is 16.9. The largest absolute Gasteiger partial charge is 0.224 e. The highest BCUT2D eigenvalue weighted by Crippen LogP contribution is 2.24. The zero-order chi connectivity index (χ0) is 17.3. The van der Waals surface area contributed by atoms with E-state index in [1.807, 2.05) is 24.3 Å². The maximum atomic E-state index is 11.6. The van der Waals surface area contributed by atoms with Crippen molar-refractivity contribution in [3.63, 3.8) is 0 Å². The Balaban J connectivity index is 2.10. The van der Waals surface area contributed by atoms with Gasteiger partial charge in [-0.1, -0.05) is 15.9 Å². The third-order valence-electron chi connectivity index (χ3n) is 3.49. The first-order valence-corrected chi connectivity index (χ1v) is 9.88. The van der Waals surface area contributed by atoms with Gasteiger partial charge in [-0.2, -0.15) is 5.10 Å². The third-order valence-corrected chi connectivity index (χ3v) is 5.14. The summed E-state index contributed by atoms with van der Waals surface area (Å²) < 4.78 is 25.9. The predicted molar refractivity (Wildman–Crippen MR) is 96.7 cm³/mol. The summed E-state index contributed by atoms with van der Waals surface area (Å²) in [6.07, 6.45) is 1.66. The second-order valence-corrected chi connectivity index (χ2v) is 8.22. The molecule has 7 heteroatoms. The molecule has 0 atom stereocenters. The molecule has 0 saturated carbocycles. The fourth-order valence-electron chi connectivity index (χ4n) is 2.26. The highest BCUT2D eigenvalue weighted by molar-refractivity contribution is 9.10. The molecule has 0 aliphatic carbocycles. The number of aromatic nitrogens is 3. The van der Waals surface area contributed by atoms with Gasteiger partial charge in [-0.15, -0.1) is 0 Å². The van der Waals surface area contributed by atoms with Crippen LogP contribution >= 0.6 is 15.9 Å². The molecule has 24 heavy (non-hydrogen) atoms. The molecule has 5 nitrogen and oxygen atoms in total. The Morgan fingerprint density at radius 2 is 1.71 bits per heavy atom. The first-order valence-electron chi connectivity index (χ1n) is 7.20. The van der Waals surface area contributed by atoms with Gasteiger partial charge in [-0.3, -0.25) is 0 Å². The van der Waals surface area contributed by atoms with Crippen LogP contribution in [0.2, 0.25) is 0 Å². The minimum atomic E-state index is -3.23. The summed E-state index contributed by atoms with van der Waals surface area (Å²) in [5, 5.41) is 4.49. The van der Waals surface area contributed by atoms with Gasteiger partial charge in [0.15, 0.2) is 21.5 Å². The summed E-state index contributed by atoms with van der Waals surface area (Å²) in [7, 11) is -3.23. The summed E-state index contributed by atoms with van der Waals surface area (Å²) in [4.78, 5) is 4.79. The van der Waals surface area contributed by atoms with Crippen molar-refractivity contribution in [2.45, 2.75) is 11.3 Å². The van der Waals surface area contributed by atoms with Gasteiger partial charge < -0.3 is 0 Å². The molecule has 0 unspecified atom stereocenters. The fraction of sp³-hybridized carbons (Fsp3) is 0.118. The van der Waals surface area contributed by atoms with Crippen LogP contribution < -0.4 is 0 Å². The van der Waals surface area contributed by atoms with Crippen LogP contribution in [0.15, 0.2) is 57.9 Å². The number of halogens is 1. The number of rotatable bonds is 4. The molecule has 1 aromatic heterocycles. The topological polar surface area (TPSA) is 64.8 Å². The standard InChI is InChI=1S/C17H15BrN3O2S/c1-3-16-19-17(12-4-10-15(11-5-12)24(2,22)23)21(20-16)14-8-6-13(18)7-9-14/h4-11H,1,3H2,2H3. The molecule has 0 spiro atoms. The van der Waals surface area contributed by atoms with Gasteiger partial charge in [0.2, 0.25) is 0 Å². The van der Waals surface area contributed by atoms with E-state index in [1.165, 1.54) is 6.26 Å². The van der Waals surface area contributed by atoms with Crippen molar-refractivity contribution < 1.29 is 8.42 Å². The minimum absolute atomic E-state index is 0.276. The molecule has 123 valence electrons. The molecular formula is C17H15BrN3O2S. The second-order valence-electron chi connectivity index (χ2n) is 5.29. The molecule has 0 aliphatic heterocycles. The predicted octanol–water partition coefficient (Wildman–Crippen LogP) is 3.48. The maximum Gasteiger partial charge on any atom is 0.175 e. The zero-order valence-corrected chi connectivity index (χ0v) is 15.4. The lowest BCUT2D eigenvalue weighted by atomic mass is 10.2. The van der Waals surface area contributed by atoms with Crippen molar-refractivity contribution >= 4 is 25.8 Å². The van der Waals surface area contributed by atoms with Crippen LogP contribution in [0.4, 0.5) is 0 Å². The molecule has 1 radical (unpaired) electrons. The number of hydrogen-bond acceptors (Lipinski definition) is 4. The Kier molecular flexibility index (Phi) is 4.56. The Morgan fingerprint density at radius 3 is 2.25 bits per heavy atom. The van der Waals surface area contributed by atoms with E-state index >= 15 is 0 Å².